The molecule has 0 spiro atoms. The van der Waals surface area contributed by atoms with Crippen LogP contribution in [0, 0.1) is 20.8 Å². The van der Waals surface area contributed by atoms with Gasteiger partial charge >= 0.3 is 6.03 Å². The van der Waals surface area contributed by atoms with Crippen LogP contribution in [0.2, 0.25) is 0 Å². The molecule has 2 rings (SSSR count). The van der Waals surface area contributed by atoms with E-state index in [0.717, 1.165) is 27.0 Å². The number of hydrogen-bond acceptors (Lipinski definition) is 2. The Labute approximate surface area is 139 Å². The van der Waals surface area contributed by atoms with Gasteiger partial charge in [0, 0.05) is 10.2 Å². The number of aryl methyl sites for hydroxylation is 2. The highest BCUT2D eigenvalue weighted by atomic mass is 79.9. The van der Waals surface area contributed by atoms with Crippen LogP contribution in [0.1, 0.15) is 16.7 Å². The normalized spacial score (nSPS) is 10.2. The SMILES string of the molecule is Cc1ccc(C)c(OCNC(=O)Nc2ccc(Br)cc2)c1C. The number of amides is 2. The molecule has 2 aromatic rings. The van der Waals surface area contributed by atoms with Crippen molar-refractivity contribution in [2.45, 2.75) is 20.8 Å². The molecule has 22 heavy (non-hydrogen) atoms. The molecule has 0 aliphatic heterocycles. The van der Waals surface area contributed by atoms with Crippen LogP contribution in [0.15, 0.2) is 40.9 Å². The Hall–Kier alpha value is -2.01. The maximum absolute atomic E-state index is 11.8. The summed E-state index contributed by atoms with van der Waals surface area (Å²) in [5.41, 5.74) is 4.04. The van der Waals surface area contributed by atoms with Gasteiger partial charge in [0.2, 0.25) is 0 Å². The second-order valence-electron chi connectivity index (χ2n) is 5.08. The van der Waals surface area contributed by atoms with Crippen LogP contribution < -0.4 is 15.4 Å². The summed E-state index contributed by atoms with van der Waals surface area (Å²) in [6.45, 7) is 6.16. The van der Waals surface area contributed by atoms with Crippen molar-refractivity contribution in [1.29, 1.82) is 0 Å². The van der Waals surface area contributed by atoms with E-state index in [4.69, 9.17) is 4.74 Å². The Morgan fingerprint density at radius 2 is 1.68 bits per heavy atom. The average Bonchev–Trinajstić information content (AvgIpc) is 2.49. The molecule has 0 fully saturated rings. The predicted octanol–water partition coefficient (Wildman–Crippen LogP) is 4.53. The molecule has 2 amide bonds. The highest BCUT2D eigenvalue weighted by molar-refractivity contribution is 9.10. The van der Waals surface area contributed by atoms with Crippen molar-refractivity contribution in [1.82, 2.24) is 5.32 Å². The Morgan fingerprint density at radius 3 is 2.36 bits per heavy atom. The third kappa shape index (κ3) is 4.24. The summed E-state index contributed by atoms with van der Waals surface area (Å²) in [6, 6.07) is 11.1. The average molecular weight is 363 g/mol. The number of rotatable bonds is 4. The molecule has 0 aliphatic carbocycles. The highest BCUT2D eigenvalue weighted by Crippen LogP contribution is 2.25. The van der Waals surface area contributed by atoms with Gasteiger partial charge in [-0.25, -0.2) is 4.79 Å². The van der Waals surface area contributed by atoms with Crippen LogP contribution in [0.3, 0.4) is 0 Å². The lowest BCUT2D eigenvalue weighted by Crippen LogP contribution is -2.32. The molecule has 0 bridgehead atoms. The van der Waals surface area contributed by atoms with Gasteiger partial charge in [0.05, 0.1) is 0 Å². The predicted molar refractivity (Wildman–Crippen MR) is 92.4 cm³/mol. The second-order valence-corrected chi connectivity index (χ2v) is 6.00. The summed E-state index contributed by atoms with van der Waals surface area (Å²) in [4.78, 5) is 11.8. The molecule has 0 atom stereocenters. The topological polar surface area (TPSA) is 50.4 Å². The summed E-state index contributed by atoms with van der Waals surface area (Å²) in [6.07, 6.45) is 0. The van der Waals surface area contributed by atoms with Crippen molar-refractivity contribution in [2.24, 2.45) is 0 Å². The van der Waals surface area contributed by atoms with Crippen molar-refractivity contribution in [3.8, 4) is 5.75 Å². The highest BCUT2D eigenvalue weighted by Gasteiger charge is 2.07. The molecule has 0 unspecified atom stereocenters. The molecule has 116 valence electrons. The largest absolute Gasteiger partial charge is 0.473 e. The zero-order valence-corrected chi connectivity index (χ0v) is 14.5. The third-order valence-electron chi connectivity index (χ3n) is 3.42. The lowest BCUT2D eigenvalue weighted by Gasteiger charge is -2.14. The van der Waals surface area contributed by atoms with Crippen LogP contribution >= 0.6 is 15.9 Å². The van der Waals surface area contributed by atoms with Crippen LogP contribution in [-0.2, 0) is 0 Å². The molecule has 0 heterocycles. The van der Waals surface area contributed by atoms with Gasteiger partial charge in [0.15, 0.2) is 6.73 Å². The summed E-state index contributed by atoms with van der Waals surface area (Å²) in [5, 5.41) is 5.43. The quantitative estimate of drug-likeness (QED) is 0.784. The van der Waals surface area contributed by atoms with Crippen molar-refractivity contribution in [2.75, 3.05) is 12.0 Å². The van der Waals surface area contributed by atoms with E-state index in [9.17, 15) is 4.79 Å². The fraction of sp³-hybridized carbons (Fsp3) is 0.235. The standard InChI is InChI=1S/C17H19BrN2O2/c1-11-4-5-12(2)16(13(11)3)22-10-19-17(21)20-15-8-6-14(18)7-9-15/h4-9H,10H2,1-3H3,(H2,19,20,21). The van der Waals surface area contributed by atoms with Gasteiger partial charge in [-0.2, -0.15) is 0 Å². The molecule has 0 radical (unpaired) electrons. The minimum Gasteiger partial charge on any atom is -0.473 e. The lowest BCUT2D eigenvalue weighted by atomic mass is 10.1. The Bertz CT molecular complexity index is 669. The first-order valence-corrected chi connectivity index (χ1v) is 7.76. The molecule has 0 aromatic heterocycles. The first-order valence-electron chi connectivity index (χ1n) is 6.97. The van der Waals surface area contributed by atoms with Gasteiger partial charge in [0.1, 0.15) is 5.75 Å². The van der Waals surface area contributed by atoms with E-state index < -0.39 is 0 Å². The Balaban J connectivity index is 1.87. The maximum atomic E-state index is 11.8. The zero-order valence-electron chi connectivity index (χ0n) is 12.9. The van der Waals surface area contributed by atoms with E-state index in [0.29, 0.717) is 0 Å². The Morgan fingerprint density at radius 1 is 1.05 bits per heavy atom. The first kappa shape index (κ1) is 16.4. The number of benzene rings is 2. The number of ether oxygens (including phenoxy) is 1. The smallest absolute Gasteiger partial charge is 0.321 e. The molecular formula is C17H19BrN2O2. The van der Waals surface area contributed by atoms with Gasteiger partial charge in [-0.1, -0.05) is 28.1 Å². The number of nitrogens with one attached hydrogen (secondary N) is 2. The lowest BCUT2D eigenvalue weighted by molar-refractivity contribution is 0.234. The summed E-state index contributed by atoms with van der Waals surface area (Å²) in [5.74, 6) is 0.823. The van der Waals surface area contributed by atoms with E-state index in [1.165, 1.54) is 5.56 Å². The fourth-order valence-electron chi connectivity index (χ4n) is 2.03. The second kappa shape index (κ2) is 7.31. The first-order chi connectivity index (χ1) is 10.5. The van der Waals surface area contributed by atoms with Gasteiger partial charge in [-0.15, -0.1) is 0 Å². The molecule has 2 N–H and O–H groups in total. The molecule has 0 saturated carbocycles. The molecule has 4 nitrogen and oxygen atoms in total. The third-order valence-corrected chi connectivity index (χ3v) is 3.95. The van der Waals surface area contributed by atoms with E-state index in [1.807, 2.05) is 51.1 Å². The van der Waals surface area contributed by atoms with Crippen LogP contribution in [-0.4, -0.2) is 12.8 Å². The summed E-state index contributed by atoms with van der Waals surface area (Å²) >= 11 is 3.35. The van der Waals surface area contributed by atoms with Gasteiger partial charge in [0.25, 0.3) is 0 Å². The summed E-state index contributed by atoms with van der Waals surface area (Å²) in [7, 11) is 0. The van der Waals surface area contributed by atoms with Crippen molar-refractivity contribution >= 4 is 27.6 Å². The van der Waals surface area contributed by atoms with Crippen molar-refractivity contribution < 1.29 is 9.53 Å². The zero-order chi connectivity index (χ0) is 16.1. The van der Waals surface area contributed by atoms with Crippen molar-refractivity contribution in [3.63, 3.8) is 0 Å². The number of hydrogen-bond donors (Lipinski definition) is 2. The van der Waals surface area contributed by atoms with Crippen molar-refractivity contribution in [3.05, 3.63) is 57.6 Å². The minimum atomic E-state index is -0.301. The number of anilines is 1. The molecule has 0 aliphatic rings. The fourth-order valence-corrected chi connectivity index (χ4v) is 2.29. The van der Waals surface area contributed by atoms with Gasteiger partial charge < -0.3 is 15.4 Å². The van der Waals surface area contributed by atoms with E-state index in [1.54, 1.807) is 0 Å². The number of carbonyl (C=O) groups is 1. The maximum Gasteiger partial charge on any atom is 0.321 e. The minimum absolute atomic E-state index is 0.119. The van der Waals surface area contributed by atoms with Gasteiger partial charge in [-0.3, -0.25) is 0 Å². The van der Waals surface area contributed by atoms with Gasteiger partial charge in [-0.05, 0) is 61.7 Å². The molecule has 0 saturated heterocycles. The van der Waals surface area contributed by atoms with E-state index in [-0.39, 0.29) is 12.8 Å². The van der Waals surface area contributed by atoms with E-state index in [2.05, 4.69) is 32.6 Å². The summed E-state index contributed by atoms with van der Waals surface area (Å²) < 4.78 is 6.66. The monoisotopic (exact) mass is 362 g/mol. The van der Waals surface area contributed by atoms with Crippen LogP contribution in [0.5, 0.6) is 5.75 Å². The van der Waals surface area contributed by atoms with Crippen LogP contribution in [0.4, 0.5) is 10.5 Å². The number of urea groups is 1. The number of halogens is 1. The van der Waals surface area contributed by atoms with E-state index >= 15 is 0 Å². The Kier molecular flexibility index (Phi) is 5.44. The molecular weight excluding hydrogens is 344 g/mol. The molecule has 5 heteroatoms. The van der Waals surface area contributed by atoms with Crippen LogP contribution in [0.25, 0.3) is 0 Å². The molecule has 2 aromatic carbocycles. The number of carbonyl (C=O) groups excluding carboxylic acids is 1.